The van der Waals surface area contributed by atoms with Gasteiger partial charge < -0.3 is 14.9 Å². The standard InChI is InChI=1S/C42H58N4O2/c1-7-33(31(2)3)30-36(46-32(4)44-37-20-14-15-21-38(37)46)22-26-43-27-23-42(35-18-12-9-13-19-35)24-28-45(29-25-42)40(48)41(5,6)39(47)34-16-10-8-11-17-34/h8-20,26,31,33,36,38-39,47H,7,21-25,27-30H2,1-6H3/t33-,36?,38?,39?/m0/s1. The molecule has 0 spiro atoms. The molecule has 48 heavy (non-hydrogen) atoms. The number of hydrogen-bond donors (Lipinski definition) is 1. The summed E-state index contributed by atoms with van der Waals surface area (Å²) in [5, 5.41) is 11.2. The molecule has 2 aromatic rings. The Bertz CT molecular complexity index is 1470. The number of carbonyl (C=O) groups is 1. The van der Waals surface area contributed by atoms with Crippen molar-refractivity contribution in [1.29, 1.82) is 0 Å². The molecule has 0 radical (unpaired) electrons. The first-order valence-corrected chi connectivity index (χ1v) is 18.3. The zero-order valence-electron chi connectivity index (χ0n) is 30.2. The molecule has 4 atom stereocenters. The third-order valence-electron chi connectivity index (χ3n) is 11.5. The predicted octanol–water partition coefficient (Wildman–Crippen LogP) is 8.54. The number of piperidine rings is 1. The number of rotatable bonds is 14. The van der Waals surface area contributed by atoms with Gasteiger partial charge in [-0.2, -0.15) is 0 Å². The molecule has 1 fully saturated rings. The summed E-state index contributed by atoms with van der Waals surface area (Å²) in [6, 6.07) is 21.1. The van der Waals surface area contributed by atoms with Crippen LogP contribution in [0.2, 0.25) is 0 Å². The second-order valence-electron chi connectivity index (χ2n) is 15.2. The van der Waals surface area contributed by atoms with Crippen molar-refractivity contribution < 1.29 is 9.90 Å². The predicted molar refractivity (Wildman–Crippen MR) is 199 cm³/mol. The molecule has 2 aliphatic heterocycles. The number of benzene rings is 2. The number of amidine groups is 1. The Hall–Kier alpha value is -3.51. The Morgan fingerprint density at radius 1 is 1.08 bits per heavy atom. The highest BCUT2D eigenvalue weighted by Gasteiger charge is 2.43. The molecule has 6 nitrogen and oxygen atoms in total. The van der Waals surface area contributed by atoms with Crippen molar-refractivity contribution in [3.8, 4) is 0 Å². The maximum Gasteiger partial charge on any atom is 0.231 e. The third-order valence-corrected chi connectivity index (χ3v) is 11.5. The molecular formula is C42H58N4O2. The minimum absolute atomic E-state index is 0.0172. The molecule has 258 valence electrons. The summed E-state index contributed by atoms with van der Waals surface area (Å²) in [5.41, 5.74) is 2.37. The van der Waals surface area contributed by atoms with Crippen LogP contribution in [0.5, 0.6) is 0 Å². The molecule has 1 amide bonds. The van der Waals surface area contributed by atoms with Crippen molar-refractivity contribution in [3.63, 3.8) is 0 Å². The van der Waals surface area contributed by atoms with Crippen LogP contribution in [0.4, 0.5) is 0 Å². The summed E-state index contributed by atoms with van der Waals surface area (Å²) >= 11 is 0. The van der Waals surface area contributed by atoms with Crippen LogP contribution in [0.1, 0.15) is 104 Å². The molecule has 2 heterocycles. The van der Waals surface area contributed by atoms with E-state index in [0.717, 1.165) is 56.5 Å². The van der Waals surface area contributed by atoms with E-state index >= 15 is 0 Å². The summed E-state index contributed by atoms with van der Waals surface area (Å²) in [6.07, 6.45) is 14.9. The van der Waals surface area contributed by atoms with Crippen LogP contribution >= 0.6 is 0 Å². The van der Waals surface area contributed by atoms with Gasteiger partial charge in [0.05, 0.1) is 23.3 Å². The quantitative estimate of drug-likeness (QED) is 0.208. The van der Waals surface area contributed by atoms with Gasteiger partial charge in [0.2, 0.25) is 5.91 Å². The van der Waals surface area contributed by atoms with E-state index in [2.05, 4.69) is 87.4 Å². The zero-order chi connectivity index (χ0) is 34.3. The maximum absolute atomic E-state index is 13.8. The van der Waals surface area contributed by atoms with Crippen LogP contribution in [0, 0.1) is 17.3 Å². The number of likely N-dealkylation sites (tertiary alicyclic amines) is 1. The minimum atomic E-state index is -0.913. The monoisotopic (exact) mass is 650 g/mol. The van der Waals surface area contributed by atoms with Crippen molar-refractivity contribution in [2.45, 2.75) is 110 Å². The van der Waals surface area contributed by atoms with Gasteiger partial charge in [-0.25, -0.2) is 4.99 Å². The summed E-state index contributed by atoms with van der Waals surface area (Å²) in [7, 11) is 0. The maximum atomic E-state index is 13.8. The number of aliphatic hydroxyl groups is 1. The number of aliphatic hydroxyl groups excluding tert-OH is 1. The molecule has 1 N–H and O–H groups in total. The van der Waals surface area contributed by atoms with E-state index in [1.54, 1.807) is 0 Å². The lowest BCUT2D eigenvalue weighted by atomic mass is 9.70. The number of fused-ring (bicyclic) bond motifs is 1. The van der Waals surface area contributed by atoms with E-state index in [9.17, 15) is 9.90 Å². The highest BCUT2D eigenvalue weighted by atomic mass is 16.3. The first kappa shape index (κ1) is 35.8. The van der Waals surface area contributed by atoms with Crippen LogP contribution in [0.15, 0.2) is 94.6 Å². The third kappa shape index (κ3) is 7.86. The number of amides is 1. The molecule has 1 aliphatic carbocycles. The van der Waals surface area contributed by atoms with Gasteiger partial charge in [-0.05, 0) is 81.9 Å². The average molecular weight is 651 g/mol. The number of allylic oxidation sites excluding steroid dienone is 2. The van der Waals surface area contributed by atoms with Gasteiger partial charge in [0.1, 0.15) is 5.84 Å². The molecule has 0 aromatic heterocycles. The average Bonchev–Trinajstić information content (AvgIpc) is 3.45. The van der Waals surface area contributed by atoms with Gasteiger partial charge in [-0.15, -0.1) is 0 Å². The molecule has 5 rings (SSSR count). The number of hydrogen-bond acceptors (Lipinski definition) is 5. The fourth-order valence-electron chi connectivity index (χ4n) is 8.30. The fourth-order valence-corrected chi connectivity index (χ4v) is 8.30. The minimum Gasteiger partial charge on any atom is -0.387 e. The van der Waals surface area contributed by atoms with E-state index in [1.807, 2.05) is 49.1 Å². The number of nitrogens with zero attached hydrogens (tertiary/aromatic N) is 4. The first-order valence-electron chi connectivity index (χ1n) is 18.3. The van der Waals surface area contributed by atoms with Gasteiger partial charge in [0, 0.05) is 43.7 Å². The van der Waals surface area contributed by atoms with Gasteiger partial charge >= 0.3 is 0 Å². The fraction of sp³-hybridized carbons (Fsp3) is 0.548. The van der Waals surface area contributed by atoms with Gasteiger partial charge in [0.25, 0.3) is 0 Å². The molecule has 0 bridgehead atoms. The molecule has 6 heteroatoms. The van der Waals surface area contributed by atoms with Crippen LogP contribution in [0.3, 0.4) is 0 Å². The second kappa shape index (κ2) is 15.8. The Morgan fingerprint density at radius 3 is 2.40 bits per heavy atom. The van der Waals surface area contributed by atoms with Gasteiger partial charge in [-0.3, -0.25) is 9.79 Å². The van der Waals surface area contributed by atoms with Crippen molar-refractivity contribution in [2.24, 2.45) is 27.2 Å². The van der Waals surface area contributed by atoms with E-state index in [0.29, 0.717) is 37.0 Å². The normalized spacial score (nSPS) is 21.2. The van der Waals surface area contributed by atoms with Gasteiger partial charge in [-0.1, -0.05) is 100 Å². The van der Waals surface area contributed by atoms with Crippen molar-refractivity contribution in [2.75, 3.05) is 19.6 Å². The molecule has 3 aliphatic rings. The van der Waals surface area contributed by atoms with Crippen molar-refractivity contribution in [3.05, 3.63) is 95.7 Å². The highest BCUT2D eigenvalue weighted by molar-refractivity contribution is 5.85. The summed E-state index contributed by atoms with van der Waals surface area (Å²) < 4.78 is 0. The Morgan fingerprint density at radius 2 is 1.75 bits per heavy atom. The number of carbonyl (C=O) groups excluding carboxylic acids is 1. The lowest BCUT2D eigenvalue weighted by Gasteiger charge is -2.45. The second-order valence-corrected chi connectivity index (χ2v) is 15.2. The van der Waals surface area contributed by atoms with Crippen LogP contribution in [-0.2, 0) is 10.2 Å². The van der Waals surface area contributed by atoms with E-state index < -0.39 is 11.5 Å². The molecule has 1 saturated heterocycles. The van der Waals surface area contributed by atoms with Crippen LogP contribution in [-0.4, -0.2) is 64.6 Å². The van der Waals surface area contributed by atoms with Gasteiger partial charge in [0.15, 0.2) is 0 Å². The first-order chi connectivity index (χ1) is 23.1. The molecular weight excluding hydrogens is 592 g/mol. The smallest absolute Gasteiger partial charge is 0.231 e. The molecule has 0 saturated carbocycles. The van der Waals surface area contributed by atoms with E-state index in [4.69, 9.17) is 9.98 Å². The largest absolute Gasteiger partial charge is 0.387 e. The molecule has 3 unspecified atom stereocenters. The van der Waals surface area contributed by atoms with Crippen LogP contribution in [0.25, 0.3) is 0 Å². The van der Waals surface area contributed by atoms with Crippen molar-refractivity contribution in [1.82, 2.24) is 9.80 Å². The summed E-state index contributed by atoms with van der Waals surface area (Å²) in [5.74, 6) is 2.46. The van der Waals surface area contributed by atoms with Crippen molar-refractivity contribution >= 4 is 18.0 Å². The van der Waals surface area contributed by atoms with E-state index in [1.165, 1.54) is 17.7 Å². The highest BCUT2D eigenvalue weighted by Crippen LogP contribution is 2.42. The Kier molecular flexibility index (Phi) is 11.8. The Balaban J connectivity index is 1.25. The lowest BCUT2D eigenvalue weighted by molar-refractivity contribution is -0.148. The molecule has 2 aromatic carbocycles. The summed E-state index contributed by atoms with van der Waals surface area (Å²) in [4.78, 5) is 28.4. The van der Waals surface area contributed by atoms with E-state index in [-0.39, 0.29) is 11.3 Å². The lowest BCUT2D eigenvalue weighted by Crippen LogP contribution is -2.50. The van der Waals surface area contributed by atoms with Crippen LogP contribution < -0.4 is 0 Å². The topological polar surface area (TPSA) is 68.5 Å². The number of aliphatic imine (C=N–C) groups is 2. The zero-order valence-corrected chi connectivity index (χ0v) is 30.2. The SMILES string of the molecule is CC[C@@H](CC(CC=NCCC1(c2ccccc2)CCN(C(=O)C(C)(C)C(O)c2ccccc2)CC1)N1C(C)=NC2=CC=CCC21)C(C)C. The summed E-state index contributed by atoms with van der Waals surface area (Å²) in [6.45, 7) is 15.1. The Labute approximate surface area is 289 Å².